The molecule has 4 aromatic rings. The van der Waals surface area contributed by atoms with Crippen molar-refractivity contribution in [1.82, 2.24) is 0 Å². The maximum atomic E-state index is 14.9. The van der Waals surface area contributed by atoms with Gasteiger partial charge in [0.1, 0.15) is 29.1 Å². The van der Waals surface area contributed by atoms with E-state index in [0.29, 0.717) is 17.7 Å². The number of allylic oxidation sites excluding steroid dienone is 2. The summed E-state index contributed by atoms with van der Waals surface area (Å²) in [5, 5.41) is 0. The number of hydrogen-bond donors (Lipinski definition) is 0. The van der Waals surface area contributed by atoms with Gasteiger partial charge in [-0.25, -0.2) is 39.5 Å². The molecule has 0 bridgehead atoms. The minimum Gasteiger partial charge on any atom is -0.209 e. The third-order valence-corrected chi connectivity index (χ3v) is 6.47. The quantitative estimate of drug-likeness (QED) is 0.106. The molecular formula is C32H21F9. The Labute approximate surface area is 230 Å². The summed E-state index contributed by atoms with van der Waals surface area (Å²) in [5.74, 6) is -10.9. The number of halogens is 9. The van der Waals surface area contributed by atoms with Gasteiger partial charge in [0, 0.05) is 28.7 Å². The number of rotatable bonds is 9. The highest BCUT2D eigenvalue weighted by atomic mass is 19.2. The van der Waals surface area contributed by atoms with Gasteiger partial charge in [-0.1, -0.05) is 30.3 Å². The predicted molar refractivity (Wildman–Crippen MR) is 139 cm³/mol. The molecular weight excluding hydrogens is 555 g/mol. The van der Waals surface area contributed by atoms with Crippen molar-refractivity contribution in [2.45, 2.75) is 25.7 Å². The van der Waals surface area contributed by atoms with E-state index in [2.05, 4.69) is 6.58 Å². The van der Waals surface area contributed by atoms with Crippen LogP contribution >= 0.6 is 0 Å². The highest BCUT2D eigenvalue weighted by Gasteiger charge is 2.18. The fourth-order valence-corrected chi connectivity index (χ4v) is 4.31. The van der Waals surface area contributed by atoms with Gasteiger partial charge in [0.15, 0.2) is 23.3 Å². The van der Waals surface area contributed by atoms with Crippen molar-refractivity contribution in [3.05, 3.63) is 137 Å². The third-order valence-electron chi connectivity index (χ3n) is 6.47. The Morgan fingerprint density at radius 3 is 1.68 bits per heavy atom. The van der Waals surface area contributed by atoms with E-state index in [1.54, 1.807) is 0 Å². The normalized spacial score (nSPS) is 11.9. The summed E-state index contributed by atoms with van der Waals surface area (Å²) < 4.78 is 128. The highest BCUT2D eigenvalue weighted by Crippen LogP contribution is 2.32. The smallest absolute Gasteiger partial charge is 0.194 e. The predicted octanol–water partition coefficient (Wildman–Crippen LogP) is 10.4. The van der Waals surface area contributed by atoms with Gasteiger partial charge in [-0.15, -0.1) is 6.58 Å². The standard InChI is InChI=1S/C32H21F9/c1-2-3-4-24(33)31(40)18-7-10-22(26(35)12-18)19-13-27(36)23(28(37)14-19)9-6-17-5-8-21(25(34)11-17)20-15-29(38)32(41)30(39)16-20/h2,5,7-8,10-16H,1,3-4,6,9H2/b31-24+. The molecule has 0 nitrogen and oxygen atoms in total. The Bertz CT molecular complexity index is 1610. The second-order valence-electron chi connectivity index (χ2n) is 9.23. The van der Waals surface area contributed by atoms with Crippen molar-refractivity contribution < 1.29 is 39.5 Å². The molecule has 0 saturated carbocycles. The maximum Gasteiger partial charge on any atom is 0.194 e. The van der Waals surface area contributed by atoms with Crippen LogP contribution in [0.2, 0.25) is 0 Å². The Hall–Kier alpha value is -4.27. The van der Waals surface area contributed by atoms with Crippen molar-refractivity contribution in [3.63, 3.8) is 0 Å². The number of aryl methyl sites for hydroxylation is 1. The molecule has 0 aromatic heterocycles. The largest absolute Gasteiger partial charge is 0.209 e. The monoisotopic (exact) mass is 576 g/mol. The van der Waals surface area contributed by atoms with Gasteiger partial charge in [0.2, 0.25) is 0 Å². The first-order valence-corrected chi connectivity index (χ1v) is 12.4. The molecule has 0 aliphatic rings. The summed E-state index contributed by atoms with van der Waals surface area (Å²) in [5.41, 5.74) is -1.22. The van der Waals surface area contributed by atoms with E-state index in [4.69, 9.17) is 0 Å². The van der Waals surface area contributed by atoms with Crippen molar-refractivity contribution >= 4 is 5.83 Å². The molecule has 212 valence electrons. The van der Waals surface area contributed by atoms with Crippen LogP contribution in [-0.4, -0.2) is 0 Å². The van der Waals surface area contributed by atoms with Gasteiger partial charge in [-0.05, 0) is 72.4 Å². The van der Waals surface area contributed by atoms with E-state index in [1.165, 1.54) is 18.2 Å². The molecule has 0 heterocycles. The molecule has 41 heavy (non-hydrogen) atoms. The molecule has 0 radical (unpaired) electrons. The first kappa shape index (κ1) is 29.7. The Morgan fingerprint density at radius 1 is 0.610 bits per heavy atom. The lowest BCUT2D eigenvalue weighted by atomic mass is 9.96. The third kappa shape index (κ3) is 6.56. The molecule has 0 amide bonds. The minimum atomic E-state index is -1.68. The molecule has 0 fully saturated rings. The summed E-state index contributed by atoms with van der Waals surface area (Å²) in [6.07, 6.45) is 1.10. The molecule has 0 aliphatic carbocycles. The average Bonchev–Trinajstić information content (AvgIpc) is 2.93. The molecule has 9 heteroatoms. The van der Waals surface area contributed by atoms with Crippen molar-refractivity contribution in [2.75, 3.05) is 0 Å². The van der Waals surface area contributed by atoms with Crippen LogP contribution in [0.4, 0.5) is 39.5 Å². The van der Waals surface area contributed by atoms with E-state index in [0.717, 1.165) is 36.4 Å². The molecule has 4 aromatic carbocycles. The summed E-state index contributed by atoms with van der Waals surface area (Å²) in [7, 11) is 0. The van der Waals surface area contributed by atoms with E-state index in [9.17, 15) is 39.5 Å². The van der Waals surface area contributed by atoms with Crippen LogP contribution in [0.15, 0.2) is 79.1 Å². The summed E-state index contributed by atoms with van der Waals surface area (Å²) in [6.45, 7) is 3.42. The lowest BCUT2D eigenvalue weighted by molar-refractivity contribution is 0.447. The molecule has 4 rings (SSSR count). The van der Waals surface area contributed by atoms with Gasteiger partial charge in [0.25, 0.3) is 0 Å². The topological polar surface area (TPSA) is 0 Å². The molecule has 0 N–H and O–H groups in total. The second-order valence-corrected chi connectivity index (χ2v) is 9.23. The van der Waals surface area contributed by atoms with Crippen molar-refractivity contribution in [2.24, 2.45) is 0 Å². The lowest BCUT2D eigenvalue weighted by Crippen LogP contribution is -2.01. The van der Waals surface area contributed by atoms with Crippen molar-refractivity contribution in [3.8, 4) is 22.3 Å². The van der Waals surface area contributed by atoms with E-state index in [-0.39, 0.29) is 59.1 Å². The van der Waals surface area contributed by atoms with E-state index in [1.807, 2.05) is 0 Å². The number of hydrogen-bond acceptors (Lipinski definition) is 0. The van der Waals surface area contributed by atoms with Crippen LogP contribution in [-0.2, 0) is 12.8 Å². The Balaban J connectivity index is 1.52. The summed E-state index contributed by atoms with van der Waals surface area (Å²) >= 11 is 0. The van der Waals surface area contributed by atoms with Crippen LogP contribution in [0.1, 0.15) is 29.5 Å². The first-order valence-electron chi connectivity index (χ1n) is 12.4. The van der Waals surface area contributed by atoms with Crippen molar-refractivity contribution in [1.29, 1.82) is 0 Å². The zero-order valence-corrected chi connectivity index (χ0v) is 21.3. The molecule has 0 unspecified atom stereocenters. The molecule has 0 saturated heterocycles. The fraction of sp³-hybridized carbons (Fsp3) is 0.125. The van der Waals surface area contributed by atoms with Gasteiger partial charge in [0.05, 0.1) is 0 Å². The maximum absolute atomic E-state index is 14.9. The lowest BCUT2D eigenvalue weighted by Gasteiger charge is -2.11. The molecule has 0 spiro atoms. The average molecular weight is 577 g/mol. The van der Waals surface area contributed by atoms with Crippen LogP contribution in [0.5, 0.6) is 0 Å². The number of benzene rings is 4. The van der Waals surface area contributed by atoms with Crippen LogP contribution < -0.4 is 0 Å². The fourth-order valence-electron chi connectivity index (χ4n) is 4.31. The van der Waals surface area contributed by atoms with Crippen LogP contribution in [0.25, 0.3) is 28.1 Å². The van der Waals surface area contributed by atoms with Gasteiger partial charge < -0.3 is 0 Å². The van der Waals surface area contributed by atoms with E-state index >= 15 is 0 Å². The van der Waals surface area contributed by atoms with Crippen LogP contribution in [0, 0.1) is 40.7 Å². The van der Waals surface area contributed by atoms with Crippen LogP contribution in [0.3, 0.4) is 0 Å². The summed E-state index contributed by atoms with van der Waals surface area (Å²) in [6, 6.07) is 9.64. The van der Waals surface area contributed by atoms with Gasteiger partial charge in [-0.2, -0.15) is 0 Å². The second kappa shape index (κ2) is 12.5. The Kier molecular flexibility index (Phi) is 9.05. The summed E-state index contributed by atoms with van der Waals surface area (Å²) in [4.78, 5) is 0. The first-order chi connectivity index (χ1) is 19.5. The molecule has 0 atom stereocenters. The van der Waals surface area contributed by atoms with Gasteiger partial charge in [-0.3, -0.25) is 0 Å². The zero-order valence-electron chi connectivity index (χ0n) is 21.3. The van der Waals surface area contributed by atoms with Gasteiger partial charge >= 0.3 is 0 Å². The minimum absolute atomic E-state index is 0.0252. The SMILES string of the molecule is C=CCC/C(F)=C(\F)c1ccc(-c2cc(F)c(CCc3ccc(-c4cc(F)c(F)c(F)c4)c(F)c3)c(F)c2)c(F)c1. The zero-order chi connectivity index (χ0) is 29.8. The highest BCUT2D eigenvalue weighted by molar-refractivity contribution is 5.70. The van der Waals surface area contributed by atoms with E-state index < -0.39 is 52.4 Å². The molecule has 0 aliphatic heterocycles. The Morgan fingerprint density at radius 2 is 1.15 bits per heavy atom.